The Kier molecular flexibility index (Phi) is 4.23. The highest BCUT2D eigenvalue weighted by atomic mass is 32.2. The molecule has 2 heterocycles. The van der Waals surface area contributed by atoms with Gasteiger partial charge < -0.3 is 9.64 Å². The number of ether oxygens (including phenoxy) is 1. The van der Waals surface area contributed by atoms with Gasteiger partial charge in [-0.3, -0.25) is 9.69 Å². The van der Waals surface area contributed by atoms with Gasteiger partial charge in [-0.1, -0.05) is 17.8 Å². The standard InChI is InChI=1S/C17H24N2O2S/c1-12-18(4)14-11-13(5-6-15(14)22-12)16(20)17(2,3)19-7-9-21-10-8-19/h5-6,11-12H,7-10H2,1-4H3. The average Bonchev–Trinajstić information content (AvgIpc) is 2.82. The first-order valence-corrected chi connectivity index (χ1v) is 8.70. The zero-order valence-corrected chi connectivity index (χ0v) is 14.6. The van der Waals surface area contributed by atoms with Crippen molar-refractivity contribution in [3.05, 3.63) is 23.8 Å². The lowest BCUT2D eigenvalue weighted by atomic mass is 9.90. The van der Waals surface area contributed by atoms with Crippen molar-refractivity contribution in [2.24, 2.45) is 0 Å². The summed E-state index contributed by atoms with van der Waals surface area (Å²) in [6.07, 6.45) is 0. The molecule has 0 saturated carbocycles. The normalized spacial score (nSPS) is 22.7. The number of Topliss-reactive ketones (excluding diaryl/α,β-unsaturated/α-hetero) is 1. The highest BCUT2D eigenvalue weighted by molar-refractivity contribution is 8.00. The molecule has 2 aliphatic rings. The Morgan fingerprint density at radius 2 is 2.00 bits per heavy atom. The van der Waals surface area contributed by atoms with Gasteiger partial charge >= 0.3 is 0 Å². The van der Waals surface area contributed by atoms with E-state index in [-0.39, 0.29) is 5.78 Å². The number of carbonyl (C=O) groups is 1. The van der Waals surface area contributed by atoms with Crippen LogP contribution < -0.4 is 4.90 Å². The molecule has 0 spiro atoms. The summed E-state index contributed by atoms with van der Waals surface area (Å²) in [6.45, 7) is 9.27. The second kappa shape index (κ2) is 5.87. The van der Waals surface area contributed by atoms with E-state index in [1.807, 2.05) is 31.7 Å². The number of thioether (sulfide) groups is 1. The van der Waals surface area contributed by atoms with Crippen molar-refractivity contribution >= 4 is 23.2 Å². The molecule has 0 bridgehead atoms. The van der Waals surface area contributed by atoms with Crippen LogP contribution in [0.2, 0.25) is 0 Å². The van der Waals surface area contributed by atoms with Gasteiger partial charge in [-0.25, -0.2) is 0 Å². The molecule has 5 heteroatoms. The van der Waals surface area contributed by atoms with Crippen LogP contribution in [-0.2, 0) is 4.74 Å². The van der Waals surface area contributed by atoms with Gasteiger partial charge in [0, 0.05) is 30.6 Å². The Bertz CT molecular complexity index is 582. The van der Waals surface area contributed by atoms with Gasteiger partial charge in [0.1, 0.15) is 0 Å². The summed E-state index contributed by atoms with van der Waals surface area (Å²) in [5.74, 6) is 0.190. The van der Waals surface area contributed by atoms with Crippen LogP contribution in [-0.4, -0.2) is 54.9 Å². The number of hydrogen-bond acceptors (Lipinski definition) is 5. The third-order valence-corrected chi connectivity index (χ3v) is 6.06. The van der Waals surface area contributed by atoms with E-state index < -0.39 is 5.54 Å². The molecule has 3 rings (SSSR count). The molecule has 1 unspecified atom stereocenters. The molecule has 1 aromatic carbocycles. The molecule has 1 atom stereocenters. The molecule has 0 aromatic heterocycles. The zero-order chi connectivity index (χ0) is 15.9. The number of fused-ring (bicyclic) bond motifs is 1. The van der Waals surface area contributed by atoms with Crippen LogP contribution in [0.3, 0.4) is 0 Å². The molecule has 0 radical (unpaired) electrons. The van der Waals surface area contributed by atoms with Crippen molar-refractivity contribution in [1.82, 2.24) is 4.90 Å². The van der Waals surface area contributed by atoms with Gasteiger partial charge in [0.25, 0.3) is 0 Å². The quantitative estimate of drug-likeness (QED) is 0.800. The Morgan fingerprint density at radius 3 is 2.68 bits per heavy atom. The maximum Gasteiger partial charge on any atom is 0.182 e. The lowest BCUT2D eigenvalue weighted by Gasteiger charge is -2.39. The first-order chi connectivity index (χ1) is 10.4. The van der Waals surface area contributed by atoms with Crippen molar-refractivity contribution in [3.8, 4) is 0 Å². The van der Waals surface area contributed by atoms with Crippen LogP contribution in [0.25, 0.3) is 0 Å². The van der Waals surface area contributed by atoms with E-state index in [0.29, 0.717) is 18.6 Å². The molecule has 1 saturated heterocycles. The number of hydrogen-bond donors (Lipinski definition) is 0. The maximum atomic E-state index is 13.0. The summed E-state index contributed by atoms with van der Waals surface area (Å²) in [5.41, 5.74) is 1.48. The smallest absolute Gasteiger partial charge is 0.182 e. The van der Waals surface area contributed by atoms with Crippen LogP contribution in [0, 0.1) is 0 Å². The highest BCUT2D eigenvalue weighted by Gasteiger charge is 2.36. The second-order valence-corrected chi connectivity index (χ2v) is 7.86. The number of rotatable bonds is 3. The van der Waals surface area contributed by atoms with Gasteiger partial charge in [-0.2, -0.15) is 0 Å². The van der Waals surface area contributed by atoms with E-state index in [0.717, 1.165) is 18.7 Å². The van der Waals surface area contributed by atoms with E-state index in [4.69, 9.17) is 4.74 Å². The first-order valence-electron chi connectivity index (χ1n) is 7.82. The number of benzene rings is 1. The Labute approximate surface area is 136 Å². The van der Waals surface area contributed by atoms with Crippen LogP contribution >= 0.6 is 11.8 Å². The lowest BCUT2D eigenvalue weighted by Crippen LogP contribution is -2.54. The molecule has 120 valence electrons. The summed E-state index contributed by atoms with van der Waals surface area (Å²) in [5, 5.41) is 0.424. The third kappa shape index (κ3) is 2.66. The van der Waals surface area contributed by atoms with Gasteiger partial charge in [0.05, 0.1) is 29.8 Å². The van der Waals surface area contributed by atoms with Crippen molar-refractivity contribution in [2.45, 2.75) is 36.6 Å². The minimum absolute atomic E-state index is 0.190. The Morgan fingerprint density at radius 1 is 1.32 bits per heavy atom. The summed E-state index contributed by atoms with van der Waals surface area (Å²) >= 11 is 1.84. The maximum absolute atomic E-state index is 13.0. The molecule has 22 heavy (non-hydrogen) atoms. The van der Waals surface area contributed by atoms with Crippen LogP contribution in [0.15, 0.2) is 23.1 Å². The number of nitrogens with zero attached hydrogens (tertiary/aromatic N) is 2. The van der Waals surface area contributed by atoms with Crippen LogP contribution in [0.1, 0.15) is 31.1 Å². The molecule has 1 aromatic rings. The van der Waals surface area contributed by atoms with E-state index in [1.165, 1.54) is 10.6 Å². The molecule has 1 fully saturated rings. The van der Waals surface area contributed by atoms with E-state index in [1.54, 1.807) is 0 Å². The molecule has 2 aliphatic heterocycles. The fourth-order valence-corrected chi connectivity index (χ4v) is 4.22. The predicted octanol–water partition coefficient (Wildman–Crippen LogP) is 2.87. The minimum Gasteiger partial charge on any atom is -0.379 e. The number of ketones is 1. The number of morpholine rings is 1. The van der Waals surface area contributed by atoms with Gasteiger partial charge in [0.15, 0.2) is 5.78 Å². The SMILES string of the molecule is CC1Sc2ccc(C(=O)C(C)(C)N3CCOCC3)cc2N1C. The van der Waals surface area contributed by atoms with E-state index >= 15 is 0 Å². The van der Waals surface area contributed by atoms with Crippen molar-refractivity contribution in [3.63, 3.8) is 0 Å². The molecular weight excluding hydrogens is 296 g/mol. The Hall–Kier alpha value is -1.04. The monoisotopic (exact) mass is 320 g/mol. The molecule has 0 amide bonds. The van der Waals surface area contributed by atoms with E-state index in [9.17, 15) is 4.79 Å². The number of carbonyl (C=O) groups excluding carboxylic acids is 1. The number of anilines is 1. The summed E-state index contributed by atoms with van der Waals surface area (Å²) in [6, 6.07) is 6.11. The fraction of sp³-hybridized carbons (Fsp3) is 0.588. The highest BCUT2D eigenvalue weighted by Crippen LogP contribution is 2.42. The lowest BCUT2D eigenvalue weighted by molar-refractivity contribution is -0.00429. The molecular formula is C17H24N2O2S. The summed E-state index contributed by atoms with van der Waals surface area (Å²) in [7, 11) is 2.09. The summed E-state index contributed by atoms with van der Waals surface area (Å²) in [4.78, 5) is 18.8. The topological polar surface area (TPSA) is 32.8 Å². The minimum atomic E-state index is -0.492. The summed E-state index contributed by atoms with van der Waals surface area (Å²) < 4.78 is 5.40. The van der Waals surface area contributed by atoms with Crippen LogP contribution in [0.5, 0.6) is 0 Å². The van der Waals surface area contributed by atoms with Crippen molar-refractivity contribution in [2.75, 3.05) is 38.3 Å². The van der Waals surface area contributed by atoms with Gasteiger partial charge in [-0.05, 0) is 32.9 Å². The van der Waals surface area contributed by atoms with Crippen molar-refractivity contribution < 1.29 is 9.53 Å². The van der Waals surface area contributed by atoms with Crippen molar-refractivity contribution in [1.29, 1.82) is 0 Å². The largest absolute Gasteiger partial charge is 0.379 e. The first kappa shape index (κ1) is 15.8. The van der Waals surface area contributed by atoms with E-state index in [2.05, 4.69) is 35.9 Å². The fourth-order valence-electron chi connectivity index (χ4n) is 3.11. The molecule has 0 aliphatic carbocycles. The van der Waals surface area contributed by atoms with Crippen LogP contribution in [0.4, 0.5) is 5.69 Å². The molecule has 4 nitrogen and oxygen atoms in total. The average molecular weight is 320 g/mol. The molecule has 0 N–H and O–H groups in total. The predicted molar refractivity (Wildman–Crippen MR) is 91.0 cm³/mol. The van der Waals surface area contributed by atoms with Gasteiger partial charge in [-0.15, -0.1) is 0 Å². The second-order valence-electron chi connectivity index (χ2n) is 6.50. The zero-order valence-electron chi connectivity index (χ0n) is 13.8. The van der Waals surface area contributed by atoms with Gasteiger partial charge in [0.2, 0.25) is 0 Å². The third-order valence-electron chi connectivity index (χ3n) is 4.80. The Balaban J connectivity index is 1.86.